The van der Waals surface area contributed by atoms with Crippen molar-refractivity contribution in [1.82, 2.24) is 9.97 Å². The van der Waals surface area contributed by atoms with Crippen LogP contribution < -0.4 is 0 Å². The standard InChI is InChI=1S/C9H13BrN2/c1-3-8(7(2)10)9-6-11-4-5-12-9/h4-8H,3H2,1-2H3. The minimum Gasteiger partial charge on any atom is -0.261 e. The number of hydrogen-bond donors (Lipinski definition) is 0. The smallest absolute Gasteiger partial charge is 0.0628 e. The predicted octanol–water partition coefficient (Wildman–Crippen LogP) is 2.75. The second-order valence-corrected chi connectivity index (χ2v) is 4.27. The molecule has 0 aromatic carbocycles. The van der Waals surface area contributed by atoms with Crippen molar-refractivity contribution in [1.29, 1.82) is 0 Å². The maximum atomic E-state index is 4.28. The van der Waals surface area contributed by atoms with Gasteiger partial charge in [-0.1, -0.05) is 29.8 Å². The van der Waals surface area contributed by atoms with E-state index in [1.54, 1.807) is 12.4 Å². The maximum absolute atomic E-state index is 4.28. The van der Waals surface area contributed by atoms with Gasteiger partial charge < -0.3 is 0 Å². The Labute approximate surface area is 81.6 Å². The summed E-state index contributed by atoms with van der Waals surface area (Å²) in [6, 6.07) is 0. The summed E-state index contributed by atoms with van der Waals surface area (Å²) >= 11 is 3.57. The van der Waals surface area contributed by atoms with Gasteiger partial charge >= 0.3 is 0 Å². The first-order chi connectivity index (χ1) is 5.75. The number of alkyl halides is 1. The minimum atomic E-state index is 0.458. The zero-order chi connectivity index (χ0) is 8.97. The van der Waals surface area contributed by atoms with E-state index < -0.39 is 0 Å². The van der Waals surface area contributed by atoms with E-state index in [4.69, 9.17) is 0 Å². The van der Waals surface area contributed by atoms with Crippen molar-refractivity contribution in [2.24, 2.45) is 0 Å². The van der Waals surface area contributed by atoms with Crippen molar-refractivity contribution >= 4 is 15.9 Å². The van der Waals surface area contributed by atoms with Gasteiger partial charge in [0.25, 0.3) is 0 Å². The molecular weight excluding hydrogens is 216 g/mol. The first kappa shape index (κ1) is 9.65. The molecule has 0 saturated carbocycles. The van der Waals surface area contributed by atoms with Crippen LogP contribution in [0.5, 0.6) is 0 Å². The van der Waals surface area contributed by atoms with Crippen molar-refractivity contribution in [2.45, 2.75) is 31.0 Å². The zero-order valence-corrected chi connectivity index (χ0v) is 8.95. The normalized spacial score (nSPS) is 15.6. The summed E-state index contributed by atoms with van der Waals surface area (Å²) < 4.78 is 0. The second kappa shape index (κ2) is 4.55. The topological polar surface area (TPSA) is 25.8 Å². The Balaban J connectivity index is 2.80. The van der Waals surface area contributed by atoms with Gasteiger partial charge in [0.05, 0.1) is 5.69 Å². The van der Waals surface area contributed by atoms with Gasteiger partial charge in [-0.25, -0.2) is 0 Å². The molecule has 2 unspecified atom stereocenters. The van der Waals surface area contributed by atoms with Gasteiger partial charge in [-0.3, -0.25) is 9.97 Å². The maximum Gasteiger partial charge on any atom is 0.0628 e. The summed E-state index contributed by atoms with van der Waals surface area (Å²) in [5.74, 6) is 0.471. The minimum absolute atomic E-state index is 0.458. The molecule has 0 aliphatic heterocycles. The van der Waals surface area contributed by atoms with Crippen molar-refractivity contribution in [2.75, 3.05) is 0 Å². The molecule has 3 heteroatoms. The van der Waals surface area contributed by atoms with Crippen LogP contribution in [0.25, 0.3) is 0 Å². The highest BCUT2D eigenvalue weighted by atomic mass is 79.9. The van der Waals surface area contributed by atoms with E-state index >= 15 is 0 Å². The number of halogens is 1. The van der Waals surface area contributed by atoms with E-state index in [0.717, 1.165) is 12.1 Å². The molecule has 0 aliphatic rings. The average molecular weight is 229 g/mol. The molecule has 0 aliphatic carbocycles. The van der Waals surface area contributed by atoms with E-state index in [2.05, 4.69) is 39.7 Å². The van der Waals surface area contributed by atoms with Crippen LogP contribution in [0.1, 0.15) is 31.9 Å². The fourth-order valence-corrected chi connectivity index (χ4v) is 1.92. The molecule has 0 spiro atoms. The Hall–Kier alpha value is -0.440. The highest BCUT2D eigenvalue weighted by molar-refractivity contribution is 9.09. The lowest BCUT2D eigenvalue weighted by Gasteiger charge is -2.15. The van der Waals surface area contributed by atoms with E-state index in [1.165, 1.54) is 0 Å². The van der Waals surface area contributed by atoms with Crippen LogP contribution in [-0.4, -0.2) is 14.8 Å². The Morgan fingerprint density at radius 3 is 2.67 bits per heavy atom. The Bertz CT molecular complexity index is 223. The number of hydrogen-bond acceptors (Lipinski definition) is 2. The van der Waals surface area contributed by atoms with Crippen molar-refractivity contribution in [3.8, 4) is 0 Å². The highest BCUT2D eigenvalue weighted by Gasteiger charge is 2.15. The zero-order valence-electron chi connectivity index (χ0n) is 7.37. The lowest BCUT2D eigenvalue weighted by atomic mass is 10.00. The molecule has 0 amide bonds. The molecule has 66 valence electrons. The van der Waals surface area contributed by atoms with E-state index in [-0.39, 0.29) is 0 Å². The summed E-state index contributed by atoms with van der Waals surface area (Å²) in [4.78, 5) is 8.79. The molecule has 1 aromatic rings. The SMILES string of the molecule is CCC(c1cnccn1)C(C)Br. The van der Waals surface area contributed by atoms with Gasteiger partial charge in [-0.15, -0.1) is 0 Å². The average Bonchev–Trinajstić information content (AvgIpc) is 2.07. The van der Waals surface area contributed by atoms with Crippen molar-refractivity contribution < 1.29 is 0 Å². The van der Waals surface area contributed by atoms with Gasteiger partial charge in [0, 0.05) is 29.3 Å². The summed E-state index contributed by atoms with van der Waals surface area (Å²) in [6.07, 6.45) is 6.37. The highest BCUT2D eigenvalue weighted by Crippen LogP contribution is 2.25. The van der Waals surface area contributed by atoms with Gasteiger partial charge in [0.1, 0.15) is 0 Å². The summed E-state index contributed by atoms with van der Waals surface area (Å²) in [6.45, 7) is 4.31. The first-order valence-corrected chi connectivity index (χ1v) is 5.07. The lowest BCUT2D eigenvalue weighted by Crippen LogP contribution is -2.09. The Kier molecular flexibility index (Phi) is 3.66. The first-order valence-electron chi connectivity index (χ1n) is 4.15. The number of rotatable bonds is 3. The molecule has 0 saturated heterocycles. The van der Waals surface area contributed by atoms with Crippen LogP contribution in [0, 0.1) is 0 Å². The fourth-order valence-electron chi connectivity index (χ4n) is 1.27. The third kappa shape index (κ3) is 2.27. The molecule has 0 N–H and O–H groups in total. The summed E-state index contributed by atoms with van der Waals surface area (Å²) in [5, 5.41) is 0. The quantitative estimate of drug-likeness (QED) is 0.744. The third-order valence-electron chi connectivity index (χ3n) is 1.96. The summed E-state index contributed by atoms with van der Waals surface area (Å²) in [5.41, 5.74) is 1.07. The van der Waals surface area contributed by atoms with Gasteiger partial charge in [-0.2, -0.15) is 0 Å². The number of nitrogens with zero attached hydrogens (tertiary/aromatic N) is 2. The van der Waals surface area contributed by atoms with Crippen LogP contribution in [0.3, 0.4) is 0 Å². The largest absolute Gasteiger partial charge is 0.261 e. The van der Waals surface area contributed by atoms with Gasteiger partial charge in [-0.05, 0) is 6.42 Å². The molecule has 2 nitrogen and oxygen atoms in total. The van der Waals surface area contributed by atoms with Crippen LogP contribution in [0.2, 0.25) is 0 Å². The van der Waals surface area contributed by atoms with Crippen LogP contribution in [-0.2, 0) is 0 Å². The molecule has 2 atom stereocenters. The molecule has 12 heavy (non-hydrogen) atoms. The summed E-state index contributed by atoms with van der Waals surface area (Å²) in [7, 11) is 0. The second-order valence-electron chi connectivity index (χ2n) is 2.82. The van der Waals surface area contributed by atoms with Crippen molar-refractivity contribution in [3.05, 3.63) is 24.3 Å². The van der Waals surface area contributed by atoms with Crippen molar-refractivity contribution in [3.63, 3.8) is 0 Å². The Morgan fingerprint density at radius 2 is 2.25 bits per heavy atom. The Morgan fingerprint density at radius 1 is 1.50 bits per heavy atom. The number of aromatic nitrogens is 2. The van der Waals surface area contributed by atoms with E-state index in [9.17, 15) is 0 Å². The molecule has 1 heterocycles. The molecule has 0 bridgehead atoms. The molecule has 1 rings (SSSR count). The van der Waals surface area contributed by atoms with Crippen LogP contribution >= 0.6 is 15.9 Å². The van der Waals surface area contributed by atoms with Crippen LogP contribution in [0.15, 0.2) is 18.6 Å². The third-order valence-corrected chi connectivity index (χ3v) is 2.60. The molecule has 0 fully saturated rings. The molecule has 1 aromatic heterocycles. The molecular formula is C9H13BrN2. The van der Waals surface area contributed by atoms with E-state index in [1.807, 2.05) is 6.20 Å². The van der Waals surface area contributed by atoms with E-state index in [0.29, 0.717) is 10.7 Å². The monoisotopic (exact) mass is 228 g/mol. The fraction of sp³-hybridized carbons (Fsp3) is 0.556. The lowest BCUT2D eigenvalue weighted by molar-refractivity contribution is 0.640. The van der Waals surface area contributed by atoms with Crippen LogP contribution in [0.4, 0.5) is 0 Å². The molecule has 0 radical (unpaired) electrons. The predicted molar refractivity (Wildman–Crippen MR) is 53.5 cm³/mol. The van der Waals surface area contributed by atoms with Gasteiger partial charge in [0.2, 0.25) is 0 Å². The van der Waals surface area contributed by atoms with Gasteiger partial charge in [0.15, 0.2) is 0 Å².